The Balaban J connectivity index is 2.26. The van der Waals surface area contributed by atoms with E-state index in [0.717, 1.165) is 12.8 Å². The molecule has 1 atom stereocenters. The summed E-state index contributed by atoms with van der Waals surface area (Å²) < 4.78 is 10.6. The number of hydrogen-bond donors (Lipinski definition) is 1. The molecule has 1 aromatic carbocycles. The topological polar surface area (TPSA) is 64.8 Å². The van der Waals surface area contributed by atoms with Crippen LogP contribution in [0.3, 0.4) is 0 Å². The average Bonchev–Trinajstić information content (AvgIpc) is 2.48. The molecular weight excluding hydrogens is 280 g/mol. The molecule has 1 unspecified atom stereocenters. The first-order chi connectivity index (χ1) is 9.56. The highest BCUT2D eigenvalue weighted by atomic mass is 35.5. The molecule has 1 aromatic rings. The van der Waals surface area contributed by atoms with Gasteiger partial charge in [0.1, 0.15) is 5.75 Å². The smallest absolute Gasteiger partial charge is 0.257 e. The number of anilines is 1. The zero-order valence-corrected chi connectivity index (χ0v) is 12.4. The molecule has 0 bridgehead atoms. The number of hydrogen-bond acceptors (Lipinski definition) is 4. The standard InChI is InChI=1S/C14H19ClN2O3/c1-19-9-4-3-5-17(8-9)14(18)10-6-11(15)12(16)7-13(10)20-2/h6-7,9H,3-5,8,16H2,1-2H3. The summed E-state index contributed by atoms with van der Waals surface area (Å²) in [4.78, 5) is 14.4. The number of methoxy groups -OCH3 is 2. The molecule has 1 aliphatic heterocycles. The number of nitrogen functional groups attached to an aromatic ring is 1. The number of ether oxygens (including phenoxy) is 2. The molecule has 1 aliphatic rings. The number of likely N-dealkylation sites (tertiary alicyclic amines) is 1. The third-order valence-corrected chi connectivity index (χ3v) is 3.88. The number of amides is 1. The largest absolute Gasteiger partial charge is 0.496 e. The van der Waals surface area contributed by atoms with E-state index in [1.807, 2.05) is 0 Å². The van der Waals surface area contributed by atoms with Crippen LogP contribution < -0.4 is 10.5 Å². The number of rotatable bonds is 3. The molecule has 0 aliphatic carbocycles. The molecule has 20 heavy (non-hydrogen) atoms. The van der Waals surface area contributed by atoms with Crippen molar-refractivity contribution in [1.82, 2.24) is 4.90 Å². The Morgan fingerprint density at radius 3 is 2.85 bits per heavy atom. The second-order valence-electron chi connectivity index (χ2n) is 4.83. The molecule has 6 heteroatoms. The highest BCUT2D eigenvalue weighted by Crippen LogP contribution is 2.30. The first-order valence-electron chi connectivity index (χ1n) is 6.52. The van der Waals surface area contributed by atoms with Crippen molar-refractivity contribution in [2.75, 3.05) is 33.0 Å². The molecule has 2 N–H and O–H groups in total. The van der Waals surface area contributed by atoms with Gasteiger partial charge in [0.25, 0.3) is 5.91 Å². The van der Waals surface area contributed by atoms with Gasteiger partial charge in [-0.2, -0.15) is 0 Å². The molecule has 5 nitrogen and oxygen atoms in total. The number of carbonyl (C=O) groups excluding carboxylic acids is 1. The van der Waals surface area contributed by atoms with Crippen LogP contribution in [-0.2, 0) is 4.74 Å². The summed E-state index contributed by atoms with van der Waals surface area (Å²) in [5.74, 6) is 0.335. The first kappa shape index (κ1) is 14.9. The highest BCUT2D eigenvalue weighted by Gasteiger charge is 2.26. The number of halogens is 1. The van der Waals surface area contributed by atoms with E-state index in [2.05, 4.69) is 0 Å². The molecule has 1 saturated heterocycles. The van der Waals surface area contributed by atoms with Gasteiger partial charge in [-0.25, -0.2) is 0 Å². The second-order valence-corrected chi connectivity index (χ2v) is 5.23. The maximum absolute atomic E-state index is 12.6. The van der Waals surface area contributed by atoms with Gasteiger partial charge in [0.05, 0.1) is 29.5 Å². The number of carbonyl (C=O) groups is 1. The zero-order chi connectivity index (χ0) is 14.7. The Hall–Kier alpha value is -1.46. The molecule has 0 aromatic heterocycles. The average molecular weight is 299 g/mol. The Labute approximate surface area is 123 Å². The summed E-state index contributed by atoms with van der Waals surface area (Å²) in [6, 6.07) is 3.14. The molecule has 0 spiro atoms. The third-order valence-electron chi connectivity index (χ3n) is 3.55. The molecule has 110 valence electrons. The van der Waals surface area contributed by atoms with Gasteiger partial charge in [-0.15, -0.1) is 0 Å². The Morgan fingerprint density at radius 2 is 2.20 bits per heavy atom. The number of piperidine rings is 1. The van der Waals surface area contributed by atoms with Crippen molar-refractivity contribution in [3.05, 3.63) is 22.7 Å². The van der Waals surface area contributed by atoms with Gasteiger partial charge in [-0.3, -0.25) is 4.79 Å². The van der Waals surface area contributed by atoms with Crippen LogP contribution in [0.4, 0.5) is 5.69 Å². The summed E-state index contributed by atoms with van der Waals surface area (Å²) in [6.07, 6.45) is 1.98. The van der Waals surface area contributed by atoms with Gasteiger partial charge in [0.2, 0.25) is 0 Å². The van der Waals surface area contributed by atoms with Crippen LogP contribution in [0, 0.1) is 0 Å². The van der Waals surface area contributed by atoms with Gasteiger partial charge in [-0.1, -0.05) is 11.6 Å². The monoisotopic (exact) mass is 298 g/mol. The van der Waals surface area contributed by atoms with Crippen LogP contribution in [0.5, 0.6) is 5.75 Å². The van der Waals surface area contributed by atoms with E-state index in [1.165, 1.54) is 7.11 Å². The molecule has 0 radical (unpaired) electrons. The fourth-order valence-electron chi connectivity index (χ4n) is 2.39. The highest BCUT2D eigenvalue weighted by molar-refractivity contribution is 6.33. The fraction of sp³-hybridized carbons (Fsp3) is 0.500. The lowest BCUT2D eigenvalue weighted by Gasteiger charge is -2.32. The quantitative estimate of drug-likeness (QED) is 0.869. The number of benzene rings is 1. The van der Waals surface area contributed by atoms with E-state index in [-0.39, 0.29) is 12.0 Å². The minimum absolute atomic E-state index is 0.0861. The van der Waals surface area contributed by atoms with E-state index in [9.17, 15) is 4.79 Å². The Morgan fingerprint density at radius 1 is 1.45 bits per heavy atom. The van der Waals surface area contributed by atoms with Crippen LogP contribution >= 0.6 is 11.6 Å². The zero-order valence-electron chi connectivity index (χ0n) is 11.7. The van der Waals surface area contributed by atoms with Gasteiger partial charge in [0, 0.05) is 26.3 Å². The van der Waals surface area contributed by atoms with Crippen molar-refractivity contribution in [2.45, 2.75) is 18.9 Å². The SMILES string of the molecule is COc1cc(N)c(Cl)cc1C(=O)N1CCCC(OC)C1. The van der Waals surface area contributed by atoms with Gasteiger partial charge < -0.3 is 20.1 Å². The van der Waals surface area contributed by atoms with E-state index >= 15 is 0 Å². The maximum Gasteiger partial charge on any atom is 0.257 e. The molecule has 0 saturated carbocycles. The lowest BCUT2D eigenvalue weighted by Crippen LogP contribution is -2.43. The van der Waals surface area contributed by atoms with E-state index in [0.29, 0.717) is 35.1 Å². The predicted molar refractivity (Wildman–Crippen MR) is 78.4 cm³/mol. The van der Waals surface area contributed by atoms with Crippen LogP contribution in [0.25, 0.3) is 0 Å². The number of nitrogens with zero attached hydrogens (tertiary/aromatic N) is 1. The predicted octanol–water partition coefficient (Wildman–Crippen LogP) is 2.18. The van der Waals surface area contributed by atoms with Crippen LogP contribution in [0.15, 0.2) is 12.1 Å². The van der Waals surface area contributed by atoms with E-state index in [4.69, 9.17) is 26.8 Å². The van der Waals surface area contributed by atoms with Gasteiger partial charge >= 0.3 is 0 Å². The first-order valence-corrected chi connectivity index (χ1v) is 6.89. The minimum atomic E-state index is -0.106. The van der Waals surface area contributed by atoms with Crippen molar-refractivity contribution in [3.63, 3.8) is 0 Å². The van der Waals surface area contributed by atoms with E-state index in [1.54, 1.807) is 24.1 Å². The second kappa shape index (κ2) is 6.33. The van der Waals surface area contributed by atoms with Crippen molar-refractivity contribution in [1.29, 1.82) is 0 Å². The summed E-state index contributed by atoms with van der Waals surface area (Å²) in [6.45, 7) is 1.30. The van der Waals surface area contributed by atoms with Crippen molar-refractivity contribution >= 4 is 23.2 Å². The molecule has 1 heterocycles. The Kier molecular flexibility index (Phi) is 4.73. The summed E-state index contributed by atoms with van der Waals surface area (Å²) >= 11 is 6.01. The molecule has 1 amide bonds. The third kappa shape index (κ3) is 2.99. The van der Waals surface area contributed by atoms with E-state index < -0.39 is 0 Å². The maximum atomic E-state index is 12.6. The summed E-state index contributed by atoms with van der Waals surface area (Å²) in [7, 11) is 3.17. The van der Waals surface area contributed by atoms with Crippen LogP contribution in [0.2, 0.25) is 5.02 Å². The fourth-order valence-corrected chi connectivity index (χ4v) is 2.55. The van der Waals surface area contributed by atoms with Crippen LogP contribution in [0.1, 0.15) is 23.2 Å². The Bertz CT molecular complexity index is 507. The van der Waals surface area contributed by atoms with Crippen LogP contribution in [-0.4, -0.2) is 44.2 Å². The van der Waals surface area contributed by atoms with Crippen molar-refractivity contribution in [2.24, 2.45) is 0 Å². The van der Waals surface area contributed by atoms with Gasteiger partial charge in [-0.05, 0) is 18.9 Å². The van der Waals surface area contributed by atoms with Crippen molar-refractivity contribution < 1.29 is 14.3 Å². The lowest BCUT2D eigenvalue weighted by molar-refractivity contribution is 0.0267. The lowest BCUT2D eigenvalue weighted by atomic mass is 10.1. The summed E-state index contributed by atoms with van der Waals surface area (Å²) in [5.41, 5.74) is 6.56. The summed E-state index contributed by atoms with van der Waals surface area (Å²) in [5, 5.41) is 0.356. The van der Waals surface area contributed by atoms with Gasteiger partial charge in [0.15, 0.2) is 0 Å². The molecular formula is C14H19ClN2O3. The minimum Gasteiger partial charge on any atom is -0.496 e. The molecule has 1 fully saturated rings. The normalized spacial score (nSPS) is 18.9. The molecule has 2 rings (SSSR count). The number of nitrogens with two attached hydrogens (primary N) is 1. The van der Waals surface area contributed by atoms with Crippen molar-refractivity contribution in [3.8, 4) is 5.75 Å².